The van der Waals surface area contributed by atoms with Crippen molar-refractivity contribution in [3.63, 3.8) is 0 Å². The number of nitrogens with one attached hydrogen (secondary N) is 1. The van der Waals surface area contributed by atoms with Gasteiger partial charge in [0.15, 0.2) is 0 Å². The maximum absolute atomic E-state index is 10.6. The third kappa shape index (κ3) is 2.57. The van der Waals surface area contributed by atoms with Gasteiger partial charge in [0.1, 0.15) is 5.54 Å². The van der Waals surface area contributed by atoms with Crippen molar-refractivity contribution in [1.82, 2.24) is 5.32 Å². The van der Waals surface area contributed by atoms with Gasteiger partial charge in [0.25, 0.3) is 0 Å². The van der Waals surface area contributed by atoms with Gasteiger partial charge in [-0.2, -0.15) is 0 Å². The molecule has 0 heterocycles. The second-order valence-corrected chi connectivity index (χ2v) is 2.67. The number of carbonyl (C=O) groups excluding carboxylic acids is 1. The van der Waals surface area contributed by atoms with E-state index < -0.39 is 11.5 Å². The molecule has 0 fully saturated rings. The highest BCUT2D eigenvalue weighted by molar-refractivity contribution is 5.85. The molecule has 1 amide bonds. The van der Waals surface area contributed by atoms with Crippen LogP contribution in [0.25, 0.3) is 0 Å². The number of rotatable bonds is 3. The van der Waals surface area contributed by atoms with Crippen LogP contribution in [0.2, 0.25) is 0 Å². The lowest BCUT2D eigenvalue weighted by Crippen LogP contribution is -2.50. The molecule has 0 spiro atoms. The number of carboxylic acids is 1. The molecular weight excluding hydrogens is 146 g/mol. The fourth-order valence-electron chi connectivity index (χ4n) is 0.682. The Balaban J connectivity index is 4.34. The van der Waals surface area contributed by atoms with Crippen molar-refractivity contribution in [1.29, 1.82) is 0 Å². The first-order valence-corrected chi connectivity index (χ1v) is 3.44. The summed E-state index contributed by atoms with van der Waals surface area (Å²) < 4.78 is 0. The summed E-state index contributed by atoms with van der Waals surface area (Å²) in [5, 5.41) is 11.0. The van der Waals surface area contributed by atoms with E-state index >= 15 is 0 Å². The molecule has 0 saturated heterocycles. The van der Waals surface area contributed by atoms with E-state index in [1.54, 1.807) is 6.92 Å². The number of amides is 1. The van der Waals surface area contributed by atoms with E-state index in [0.29, 0.717) is 6.42 Å². The maximum Gasteiger partial charge on any atom is 0.329 e. The lowest BCUT2D eigenvalue weighted by molar-refractivity contribution is -0.146. The normalized spacial score (nSPS) is 15.2. The zero-order valence-corrected chi connectivity index (χ0v) is 6.97. The van der Waals surface area contributed by atoms with Crippen molar-refractivity contribution < 1.29 is 14.7 Å². The number of carboxylic acid groups (broad SMARTS) is 1. The zero-order valence-electron chi connectivity index (χ0n) is 6.97. The number of aliphatic carboxylic acids is 1. The third-order valence-electron chi connectivity index (χ3n) is 1.63. The molecule has 0 aliphatic rings. The topological polar surface area (TPSA) is 66.4 Å². The second-order valence-electron chi connectivity index (χ2n) is 2.67. The summed E-state index contributed by atoms with van der Waals surface area (Å²) >= 11 is 0. The highest BCUT2D eigenvalue weighted by atomic mass is 16.4. The first kappa shape index (κ1) is 9.94. The summed E-state index contributed by atoms with van der Waals surface area (Å²) in [6.07, 6.45) is 0.377. The van der Waals surface area contributed by atoms with Crippen LogP contribution in [0.3, 0.4) is 0 Å². The highest BCUT2D eigenvalue weighted by Crippen LogP contribution is 2.08. The number of hydrogen-bond acceptors (Lipinski definition) is 2. The summed E-state index contributed by atoms with van der Waals surface area (Å²) in [6, 6.07) is 0. The Morgan fingerprint density at radius 1 is 1.55 bits per heavy atom. The number of carbonyl (C=O) groups is 2. The largest absolute Gasteiger partial charge is 0.480 e. The standard InChI is InChI=1S/C7H13NO3/c1-4-7(3,6(10)11)8-5(2)9/h4H2,1-3H3,(H,8,9)(H,10,11)/t7-/m0/s1. The van der Waals surface area contributed by atoms with Gasteiger partial charge in [0.05, 0.1) is 0 Å². The van der Waals surface area contributed by atoms with E-state index in [1.165, 1.54) is 13.8 Å². The summed E-state index contributed by atoms with van der Waals surface area (Å²) in [7, 11) is 0. The molecule has 0 unspecified atom stereocenters. The lowest BCUT2D eigenvalue weighted by atomic mass is 9.99. The molecule has 0 aliphatic carbocycles. The summed E-state index contributed by atoms with van der Waals surface area (Å²) in [5.41, 5.74) is -1.12. The van der Waals surface area contributed by atoms with Gasteiger partial charge in [-0.15, -0.1) is 0 Å². The molecule has 0 rings (SSSR count). The first-order chi connectivity index (χ1) is 4.92. The van der Waals surface area contributed by atoms with Gasteiger partial charge in [0, 0.05) is 6.92 Å². The molecule has 0 aromatic carbocycles. The Morgan fingerprint density at radius 3 is 2.09 bits per heavy atom. The van der Waals surface area contributed by atoms with Crippen molar-refractivity contribution in [2.75, 3.05) is 0 Å². The van der Waals surface area contributed by atoms with Gasteiger partial charge in [0.2, 0.25) is 5.91 Å². The molecule has 0 bridgehead atoms. The van der Waals surface area contributed by atoms with E-state index in [1.807, 2.05) is 0 Å². The Hall–Kier alpha value is -1.06. The van der Waals surface area contributed by atoms with E-state index in [9.17, 15) is 9.59 Å². The minimum absolute atomic E-state index is 0.322. The minimum Gasteiger partial charge on any atom is -0.480 e. The molecule has 0 aromatic heterocycles. The third-order valence-corrected chi connectivity index (χ3v) is 1.63. The van der Waals surface area contributed by atoms with E-state index in [4.69, 9.17) is 5.11 Å². The molecule has 2 N–H and O–H groups in total. The first-order valence-electron chi connectivity index (χ1n) is 3.44. The lowest BCUT2D eigenvalue weighted by Gasteiger charge is -2.23. The predicted molar refractivity (Wildman–Crippen MR) is 40.1 cm³/mol. The van der Waals surface area contributed by atoms with Gasteiger partial charge in [-0.1, -0.05) is 6.92 Å². The van der Waals surface area contributed by atoms with E-state index in [-0.39, 0.29) is 5.91 Å². The quantitative estimate of drug-likeness (QED) is 0.625. The smallest absolute Gasteiger partial charge is 0.329 e. The van der Waals surface area contributed by atoms with Gasteiger partial charge >= 0.3 is 5.97 Å². The van der Waals surface area contributed by atoms with Crippen LogP contribution in [0.15, 0.2) is 0 Å². The monoisotopic (exact) mass is 159 g/mol. The predicted octanol–water partition coefficient (Wildman–Crippen LogP) is 0.376. The Morgan fingerprint density at radius 2 is 2.00 bits per heavy atom. The van der Waals surface area contributed by atoms with Crippen molar-refractivity contribution in [2.45, 2.75) is 32.7 Å². The number of hydrogen-bond donors (Lipinski definition) is 2. The molecule has 64 valence electrons. The van der Waals surface area contributed by atoms with Crippen molar-refractivity contribution in [2.24, 2.45) is 0 Å². The Bertz CT molecular complexity index is 179. The van der Waals surface area contributed by atoms with Crippen LogP contribution in [0, 0.1) is 0 Å². The van der Waals surface area contributed by atoms with Crippen LogP contribution in [0.1, 0.15) is 27.2 Å². The average molecular weight is 159 g/mol. The van der Waals surface area contributed by atoms with Crippen LogP contribution < -0.4 is 5.32 Å². The summed E-state index contributed by atoms with van der Waals surface area (Å²) in [5.74, 6) is -1.33. The molecule has 0 aliphatic heterocycles. The van der Waals surface area contributed by atoms with Crippen LogP contribution in [0.4, 0.5) is 0 Å². The minimum atomic E-state index is -1.12. The fourth-order valence-corrected chi connectivity index (χ4v) is 0.682. The maximum atomic E-state index is 10.6. The fraction of sp³-hybridized carbons (Fsp3) is 0.714. The molecular formula is C7H13NO3. The van der Waals surface area contributed by atoms with Crippen molar-refractivity contribution >= 4 is 11.9 Å². The average Bonchev–Trinajstić information content (AvgIpc) is 1.86. The second kappa shape index (κ2) is 3.37. The van der Waals surface area contributed by atoms with Crippen LogP contribution in [0.5, 0.6) is 0 Å². The molecule has 11 heavy (non-hydrogen) atoms. The molecule has 0 radical (unpaired) electrons. The highest BCUT2D eigenvalue weighted by Gasteiger charge is 2.31. The van der Waals surface area contributed by atoms with E-state index in [0.717, 1.165) is 0 Å². The Kier molecular flexibility index (Phi) is 3.04. The van der Waals surface area contributed by atoms with Gasteiger partial charge < -0.3 is 10.4 Å². The van der Waals surface area contributed by atoms with Gasteiger partial charge in [-0.3, -0.25) is 4.79 Å². The summed E-state index contributed by atoms with van der Waals surface area (Å²) in [6.45, 7) is 4.50. The zero-order chi connectivity index (χ0) is 9.07. The van der Waals surface area contributed by atoms with Crippen LogP contribution in [-0.4, -0.2) is 22.5 Å². The van der Waals surface area contributed by atoms with Crippen LogP contribution >= 0.6 is 0 Å². The summed E-state index contributed by atoms with van der Waals surface area (Å²) in [4.78, 5) is 21.1. The molecule has 4 heteroatoms. The molecule has 0 aromatic rings. The van der Waals surface area contributed by atoms with Crippen molar-refractivity contribution in [3.8, 4) is 0 Å². The Labute approximate surface area is 65.6 Å². The van der Waals surface area contributed by atoms with Crippen molar-refractivity contribution in [3.05, 3.63) is 0 Å². The molecule has 0 saturated carbocycles. The van der Waals surface area contributed by atoms with Gasteiger partial charge in [-0.05, 0) is 13.3 Å². The van der Waals surface area contributed by atoms with Gasteiger partial charge in [-0.25, -0.2) is 4.79 Å². The molecule has 1 atom stereocenters. The molecule has 4 nitrogen and oxygen atoms in total. The van der Waals surface area contributed by atoms with E-state index in [2.05, 4.69) is 5.32 Å². The SMILES string of the molecule is CC[C@](C)(NC(C)=O)C(=O)O. The van der Waals surface area contributed by atoms with Crippen LogP contribution in [-0.2, 0) is 9.59 Å².